The Balaban J connectivity index is 1.30. The monoisotopic (exact) mass is 593 g/mol. The van der Waals surface area contributed by atoms with Crippen LogP contribution in [0.1, 0.15) is 5.69 Å². The third-order valence-corrected chi connectivity index (χ3v) is 8.55. The Morgan fingerprint density at radius 3 is 2.92 bits per heavy atom. The van der Waals surface area contributed by atoms with Crippen molar-refractivity contribution < 1.29 is 37.7 Å². The van der Waals surface area contributed by atoms with E-state index in [9.17, 15) is 28.3 Å². The van der Waals surface area contributed by atoms with Gasteiger partial charge >= 0.3 is 12.6 Å². The number of pyridine rings is 1. The van der Waals surface area contributed by atoms with Crippen molar-refractivity contribution in [1.82, 2.24) is 15.2 Å². The van der Waals surface area contributed by atoms with E-state index in [2.05, 4.69) is 20.3 Å². The Hall–Kier alpha value is -3.89. The van der Waals surface area contributed by atoms with Gasteiger partial charge in [-0.15, -0.1) is 34.4 Å². The number of nitrogens with zero attached hydrogens (tertiary/aromatic N) is 4. The summed E-state index contributed by atoms with van der Waals surface area (Å²) in [6.45, 7) is -2.80. The predicted molar refractivity (Wildman–Crippen MR) is 141 cm³/mol. The number of rotatable bonds is 9. The van der Waals surface area contributed by atoms with Crippen molar-refractivity contribution in [2.24, 2.45) is 5.16 Å². The van der Waals surface area contributed by atoms with Crippen LogP contribution < -0.4 is 15.6 Å². The summed E-state index contributed by atoms with van der Waals surface area (Å²) in [6.07, 6.45) is 7.38. The molecule has 1 saturated heterocycles. The topological polar surface area (TPSA) is 151 Å². The van der Waals surface area contributed by atoms with Gasteiger partial charge in [-0.05, 0) is 23.6 Å². The van der Waals surface area contributed by atoms with Crippen LogP contribution in [0.15, 0.2) is 63.2 Å². The maximum absolute atomic E-state index is 13.0. The molecule has 0 bridgehead atoms. The standard InChI is InChI=1S/C23H18F2N6O5S3/c24-22(25)36-29-16(12-9-39-23(26)27-12)19(32)28-17-13-10-38-15(18(21(34)35)31(13)20(17)33)2-1-5-30-6-3-14-11(8-30)4-7-37-14/h1-4,6-9,13,17,22H,5,10H2,(H3-,26,27,28,32,34,35)/p+1. The van der Waals surface area contributed by atoms with Crippen molar-refractivity contribution in [1.29, 1.82) is 0 Å². The minimum Gasteiger partial charge on any atom is -0.477 e. The summed E-state index contributed by atoms with van der Waals surface area (Å²) in [4.78, 5) is 47.2. The molecule has 39 heavy (non-hydrogen) atoms. The van der Waals surface area contributed by atoms with Gasteiger partial charge in [0.05, 0.1) is 11.4 Å². The van der Waals surface area contributed by atoms with Crippen LogP contribution in [0.4, 0.5) is 13.9 Å². The number of hydrogen-bond acceptors (Lipinski definition) is 10. The number of carbonyl (C=O) groups excluding carboxylic acids is 2. The number of fused-ring (bicyclic) bond motifs is 2. The highest BCUT2D eigenvalue weighted by molar-refractivity contribution is 8.03. The molecule has 11 nitrogen and oxygen atoms in total. The van der Waals surface area contributed by atoms with Gasteiger partial charge < -0.3 is 21.0 Å². The van der Waals surface area contributed by atoms with Gasteiger partial charge in [0, 0.05) is 26.8 Å². The molecule has 2 atom stereocenters. The van der Waals surface area contributed by atoms with Gasteiger partial charge in [-0.1, -0.05) is 5.16 Å². The summed E-state index contributed by atoms with van der Waals surface area (Å²) in [7, 11) is 0. The summed E-state index contributed by atoms with van der Waals surface area (Å²) in [5, 5.41) is 20.0. The van der Waals surface area contributed by atoms with E-state index < -0.39 is 42.2 Å². The van der Waals surface area contributed by atoms with Crippen molar-refractivity contribution in [3.8, 4) is 0 Å². The first-order valence-electron chi connectivity index (χ1n) is 11.2. The van der Waals surface area contributed by atoms with E-state index in [4.69, 9.17) is 5.73 Å². The fourth-order valence-corrected chi connectivity index (χ4v) is 6.62. The maximum Gasteiger partial charge on any atom is 0.407 e. The third kappa shape index (κ3) is 5.48. The number of oxime groups is 1. The summed E-state index contributed by atoms with van der Waals surface area (Å²) >= 11 is 3.83. The number of aromatic nitrogens is 2. The lowest BCUT2D eigenvalue weighted by molar-refractivity contribution is -0.685. The van der Waals surface area contributed by atoms with E-state index in [0.717, 1.165) is 26.3 Å². The third-order valence-electron chi connectivity index (χ3n) is 5.83. The molecular weight excluding hydrogens is 574 g/mol. The number of anilines is 1. The van der Waals surface area contributed by atoms with Gasteiger partial charge in [-0.3, -0.25) is 14.5 Å². The number of carboxylic acid groups (broad SMARTS) is 1. The molecule has 5 rings (SSSR count). The molecule has 2 unspecified atom stereocenters. The highest BCUT2D eigenvalue weighted by atomic mass is 32.2. The molecule has 3 aromatic rings. The number of hydrogen-bond donors (Lipinski definition) is 3. The van der Waals surface area contributed by atoms with Gasteiger partial charge in [0.1, 0.15) is 17.4 Å². The number of carboxylic acids is 1. The number of halogens is 2. The molecule has 2 aliphatic rings. The van der Waals surface area contributed by atoms with Crippen LogP contribution in [0.5, 0.6) is 0 Å². The van der Waals surface area contributed by atoms with Crippen molar-refractivity contribution in [3.63, 3.8) is 0 Å². The van der Waals surface area contributed by atoms with Crippen LogP contribution in [-0.2, 0) is 25.8 Å². The van der Waals surface area contributed by atoms with Gasteiger partial charge in [0.15, 0.2) is 29.8 Å². The molecule has 0 saturated carbocycles. The van der Waals surface area contributed by atoms with Crippen molar-refractivity contribution >= 4 is 73.1 Å². The molecular formula is C23H19F2N6O5S3+. The summed E-state index contributed by atoms with van der Waals surface area (Å²) < 4.78 is 28.2. The first-order valence-corrected chi connectivity index (χ1v) is 14.0. The Bertz CT molecular complexity index is 1550. The zero-order valence-electron chi connectivity index (χ0n) is 19.7. The fraction of sp³-hybridized carbons (Fsp3) is 0.217. The second-order valence-electron chi connectivity index (χ2n) is 8.22. The van der Waals surface area contributed by atoms with Crippen LogP contribution in [0.25, 0.3) is 10.1 Å². The van der Waals surface area contributed by atoms with Gasteiger partial charge in [0.2, 0.25) is 0 Å². The van der Waals surface area contributed by atoms with Gasteiger partial charge in [-0.2, -0.15) is 8.78 Å². The average Bonchev–Trinajstić information content (AvgIpc) is 3.55. The number of thiazole rings is 1. The first kappa shape index (κ1) is 26.7. The summed E-state index contributed by atoms with van der Waals surface area (Å²) in [5.41, 5.74) is 4.68. The lowest BCUT2D eigenvalue weighted by Crippen LogP contribution is -2.73. The van der Waals surface area contributed by atoms with E-state index in [1.54, 1.807) is 23.5 Å². The number of nitrogen functional groups attached to an aromatic ring is 1. The van der Waals surface area contributed by atoms with Crippen LogP contribution in [0.2, 0.25) is 0 Å². The Kier molecular flexibility index (Phi) is 7.58. The number of thiophene rings is 1. The molecule has 0 spiro atoms. The molecule has 3 aromatic heterocycles. The second-order valence-corrected chi connectivity index (χ2v) is 11.1. The van der Waals surface area contributed by atoms with Crippen molar-refractivity contribution in [2.45, 2.75) is 25.2 Å². The van der Waals surface area contributed by atoms with Crippen LogP contribution in [-0.4, -0.2) is 62.9 Å². The molecule has 202 valence electrons. The number of thioether (sulfide) groups is 1. The first-order chi connectivity index (χ1) is 18.7. The maximum atomic E-state index is 13.0. The Morgan fingerprint density at radius 2 is 2.21 bits per heavy atom. The molecule has 0 aromatic carbocycles. The van der Waals surface area contributed by atoms with E-state index >= 15 is 0 Å². The average molecular weight is 594 g/mol. The number of amides is 2. The van der Waals surface area contributed by atoms with Crippen LogP contribution >= 0.6 is 34.4 Å². The van der Waals surface area contributed by atoms with Crippen molar-refractivity contribution in [2.75, 3.05) is 11.5 Å². The molecule has 5 heterocycles. The smallest absolute Gasteiger partial charge is 0.407 e. The van der Waals surface area contributed by atoms with E-state index in [1.807, 2.05) is 34.5 Å². The van der Waals surface area contributed by atoms with Crippen LogP contribution in [0, 0.1) is 0 Å². The number of allylic oxidation sites excluding steroid dienone is 2. The minimum atomic E-state index is -3.29. The Labute approximate surface area is 231 Å². The number of carbonyl (C=O) groups is 3. The number of alkyl halides is 2. The quantitative estimate of drug-likeness (QED) is 0.148. The molecule has 0 aliphatic carbocycles. The highest BCUT2D eigenvalue weighted by Crippen LogP contribution is 2.39. The molecule has 16 heteroatoms. The van der Waals surface area contributed by atoms with E-state index in [0.29, 0.717) is 17.2 Å². The van der Waals surface area contributed by atoms with Crippen LogP contribution in [0.3, 0.4) is 0 Å². The largest absolute Gasteiger partial charge is 0.477 e. The number of aliphatic carboxylic acids is 1. The zero-order chi connectivity index (χ0) is 27.7. The molecule has 2 aliphatic heterocycles. The normalized spacial score (nSPS) is 19.5. The molecule has 4 N–H and O–H groups in total. The van der Waals surface area contributed by atoms with E-state index in [1.165, 1.54) is 17.1 Å². The van der Waals surface area contributed by atoms with Crippen molar-refractivity contribution in [3.05, 3.63) is 63.7 Å². The number of nitrogens with two attached hydrogens (primary N) is 1. The predicted octanol–water partition coefficient (Wildman–Crippen LogP) is 2.17. The number of β-lactam (4-membered cyclic amide) rings is 1. The minimum absolute atomic E-state index is 0.0689. The Morgan fingerprint density at radius 1 is 1.38 bits per heavy atom. The SMILES string of the molecule is Nc1nc(C(=NOC(F)F)C(=O)NC2C(=O)N3C(C(=O)O)=C(C=CC[n+]4ccc5sccc5c4)SCC23)cs1. The zero-order valence-corrected chi connectivity index (χ0v) is 22.1. The van der Waals surface area contributed by atoms with Gasteiger partial charge in [-0.25, -0.2) is 14.3 Å². The molecule has 1 fully saturated rings. The second kappa shape index (κ2) is 11.1. The van der Waals surface area contributed by atoms with E-state index in [-0.39, 0.29) is 16.5 Å². The van der Waals surface area contributed by atoms with Gasteiger partial charge in [0.25, 0.3) is 11.8 Å². The summed E-state index contributed by atoms with van der Waals surface area (Å²) in [5.74, 6) is -2.63. The lowest BCUT2D eigenvalue weighted by Gasteiger charge is -2.49. The molecule has 0 radical (unpaired) electrons. The molecule has 2 amide bonds. The summed E-state index contributed by atoms with van der Waals surface area (Å²) in [6, 6.07) is 2.26. The lowest BCUT2D eigenvalue weighted by atomic mass is 9.94. The fourth-order valence-electron chi connectivity index (χ4n) is 4.10. The number of nitrogens with one attached hydrogen (secondary N) is 1. The highest BCUT2D eigenvalue weighted by Gasteiger charge is 2.54.